The Morgan fingerprint density at radius 3 is 1.46 bits per heavy atom. The zero-order chi connectivity index (χ0) is 30.5. The van der Waals surface area contributed by atoms with Gasteiger partial charge in [-0.1, -0.05) is 60.3 Å². The smallest absolute Gasteiger partial charge is 0.151 e. The second-order valence-corrected chi connectivity index (χ2v) is 14.2. The van der Waals surface area contributed by atoms with Gasteiger partial charge in [-0.15, -0.1) is 0 Å². The summed E-state index contributed by atoms with van der Waals surface area (Å²) in [5.74, 6) is 1.83. The molecule has 0 spiro atoms. The highest BCUT2D eigenvalue weighted by molar-refractivity contribution is 7.99. The maximum absolute atomic E-state index is 6.54. The molecule has 1 saturated carbocycles. The molecule has 230 valence electrons. The molecular weight excluding hydrogens is 589 g/mol. The third-order valence-electron chi connectivity index (χ3n) is 10.8. The predicted molar refractivity (Wildman–Crippen MR) is 184 cm³/mol. The molecule has 8 heteroatoms. The molecule has 7 nitrogen and oxygen atoms in total. The van der Waals surface area contributed by atoms with Crippen molar-refractivity contribution < 1.29 is 4.74 Å². The van der Waals surface area contributed by atoms with E-state index in [4.69, 9.17) is 4.74 Å². The Morgan fingerprint density at radius 1 is 0.543 bits per heavy atom. The van der Waals surface area contributed by atoms with Crippen molar-refractivity contribution in [3.63, 3.8) is 0 Å². The number of nitrogens with zero attached hydrogens (tertiary/aromatic N) is 4. The average molecular weight is 625 g/mol. The van der Waals surface area contributed by atoms with E-state index in [2.05, 4.69) is 154 Å². The molecular formula is C38H36N6OS. The maximum Gasteiger partial charge on any atom is 0.151 e. The molecule has 1 aliphatic carbocycles. The van der Waals surface area contributed by atoms with Gasteiger partial charge < -0.3 is 35.0 Å². The van der Waals surface area contributed by atoms with E-state index in [0.717, 1.165) is 35.7 Å². The standard InChI is InChI=1S/C38H36N6OS/c1-23-21-39-37-38-40-22-24(2)42(38)30-20-32(44-27-13-5-9-17-35(27)46-36-18-10-6-14-28(36)44)31(19-29(30)41(23)37)43-25-11-3-7-15-33(25)45-34-16-8-4-12-26(34)43/h3-18,21-22,29-32,37-40H,19-20H2,1-2H3. The molecule has 4 aromatic carbocycles. The first-order valence-corrected chi connectivity index (χ1v) is 17.2. The van der Waals surface area contributed by atoms with E-state index in [1.54, 1.807) is 0 Å². The maximum atomic E-state index is 6.54. The molecule has 6 atom stereocenters. The van der Waals surface area contributed by atoms with Gasteiger partial charge in [0.05, 0.1) is 46.9 Å². The minimum Gasteiger partial charge on any atom is -0.453 e. The van der Waals surface area contributed by atoms with Crippen molar-refractivity contribution >= 4 is 34.5 Å². The number of anilines is 4. The summed E-state index contributed by atoms with van der Waals surface area (Å²) in [5, 5.41) is 7.48. The van der Waals surface area contributed by atoms with E-state index in [1.807, 2.05) is 11.8 Å². The van der Waals surface area contributed by atoms with Crippen LogP contribution < -0.4 is 25.2 Å². The zero-order valence-corrected chi connectivity index (χ0v) is 26.7. The van der Waals surface area contributed by atoms with E-state index in [-0.39, 0.29) is 24.4 Å². The number of rotatable bonds is 2. The van der Waals surface area contributed by atoms with Crippen molar-refractivity contribution in [2.75, 3.05) is 9.80 Å². The van der Waals surface area contributed by atoms with Gasteiger partial charge in [-0.25, -0.2) is 0 Å². The molecule has 6 unspecified atom stereocenters. The Bertz CT molecular complexity index is 1710. The van der Waals surface area contributed by atoms with Crippen LogP contribution in [0.25, 0.3) is 0 Å². The van der Waals surface area contributed by atoms with Crippen LogP contribution in [-0.4, -0.2) is 46.3 Å². The first-order valence-electron chi connectivity index (χ1n) is 16.4. The largest absolute Gasteiger partial charge is 0.453 e. The van der Waals surface area contributed by atoms with Crippen LogP contribution in [0.5, 0.6) is 11.5 Å². The van der Waals surface area contributed by atoms with Crippen LogP contribution in [-0.2, 0) is 0 Å². The number of hydrogen-bond acceptors (Lipinski definition) is 8. The number of para-hydroxylation sites is 6. The van der Waals surface area contributed by atoms with Gasteiger partial charge in [-0.2, -0.15) is 0 Å². The fraction of sp³-hybridized carbons (Fsp3) is 0.263. The van der Waals surface area contributed by atoms with Crippen molar-refractivity contribution in [1.29, 1.82) is 0 Å². The Hall–Kier alpha value is -4.69. The Labute approximate surface area is 274 Å². The molecule has 5 heterocycles. The summed E-state index contributed by atoms with van der Waals surface area (Å²) >= 11 is 1.89. The summed E-state index contributed by atoms with van der Waals surface area (Å²) in [5.41, 5.74) is 7.50. The first-order chi connectivity index (χ1) is 22.7. The summed E-state index contributed by atoms with van der Waals surface area (Å²) in [6.07, 6.45) is 6.81. The third-order valence-corrected chi connectivity index (χ3v) is 11.9. The molecule has 0 bridgehead atoms. The highest BCUT2D eigenvalue weighted by Crippen LogP contribution is 2.55. The quantitative estimate of drug-likeness (QED) is 0.235. The number of fused-ring (bicyclic) bond motifs is 10. The number of hydrogen-bond donors (Lipinski definition) is 2. The molecule has 1 saturated heterocycles. The number of piperazine rings is 1. The predicted octanol–water partition coefficient (Wildman–Crippen LogP) is 7.70. The number of ether oxygens (including phenoxy) is 1. The van der Waals surface area contributed by atoms with Crippen LogP contribution in [0.3, 0.4) is 0 Å². The Kier molecular flexibility index (Phi) is 5.71. The molecule has 46 heavy (non-hydrogen) atoms. The highest BCUT2D eigenvalue weighted by Gasteiger charge is 2.57. The van der Waals surface area contributed by atoms with Gasteiger partial charge >= 0.3 is 0 Å². The van der Waals surface area contributed by atoms with Crippen LogP contribution in [0.4, 0.5) is 22.7 Å². The van der Waals surface area contributed by atoms with Crippen LogP contribution >= 0.6 is 11.8 Å². The lowest BCUT2D eigenvalue weighted by molar-refractivity contribution is -0.0471. The fourth-order valence-electron chi connectivity index (χ4n) is 9.04. The molecule has 0 radical (unpaired) electrons. The average Bonchev–Trinajstić information content (AvgIpc) is 3.68. The lowest BCUT2D eigenvalue weighted by atomic mass is 9.76. The molecule has 5 aliphatic heterocycles. The van der Waals surface area contributed by atoms with Gasteiger partial charge in [0, 0.05) is 33.6 Å². The lowest BCUT2D eigenvalue weighted by Gasteiger charge is -2.60. The second-order valence-electron chi connectivity index (χ2n) is 13.2. The van der Waals surface area contributed by atoms with Gasteiger partial charge in [0.1, 0.15) is 12.3 Å². The Balaban J connectivity index is 1.19. The third kappa shape index (κ3) is 3.67. The Morgan fingerprint density at radius 2 is 0.957 bits per heavy atom. The van der Waals surface area contributed by atoms with Crippen LogP contribution in [0.2, 0.25) is 0 Å². The SMILES string of the molecule is CC1=CNC2C3NC=C(C)N3C3CC(N4c5ccccc5Sc5ccccc54)C(N4c5ccccc5Oc5ccccc54)CC3N12. The molecule has 0 aromatic heterocycles. The first kappa shape index (κ1) is 26.5. The van der Waals surface area contributed by atoms with Gasteiger partial charge in [0.25, 0.3) is 0 Å². The number of benzene rings is 4. The van der Waals surface area contributed by atoms with Crippen molar-refractivity contribution in [3.05, 3.63) is 121 Å². The van der Waals surface area contributed by atoms with E-state index in [0.29, 0.717) is 12.1 Å². The summed E-state index contributed by atoms with van der Waals surface area (Å²) in [7, 11) is 0. The summed E-state index contributed by atoms with van der Waals surface area (Å²) in [6.45, 7) is 4.54. The number of nitrogens with one attached hydrogen (secondary N) is 2. The fourth-order valence-corrected chi connectivity index (χ4v) is 10.1. The van der Waals surface area contributed by atoms with Gasteiger partial charge in [-0.3, -0.25) is 0 Å². The molecule has 6 aliphatic rings. The molecule has 2 N–H and O–H groups in total. The number of allylic oxidation sites excluding steroid dienone is 2. The summed E-state index contributed by atoms with van der Waals surface area (Å²) < 4.78 is 6.54. The van der Waals surface area contributed by atoms with E-state index >= 15 is 0 Å². The van der Waals surface area contributed by atoms with E-state index in [1.165, 1.54) is 32.6 Å². The zero-order valence-electron chi connectivity index (χ0n) is 25.9. The van der Waals surface area contributed by atoms with Crippen molar-refractivity contribution in [1.82, 2.24) is 20.4 Å². The van der Waals surface area contributed by atoms with Crippen molar-refractivity contribution in [2.45, 2.75) is 73.0 Å². The van der Waals surface area contributed by atoms with Gasteiger partial charge in [0.15, 0.2) is 11.5 Å². The second kappa shape index (κ2) is 9.90. The molecule has 10 rings (SSSR count). The monoisotopic (exact) mass is 624 g/mol. The molecule has 4 aromatic rings. The summed E-state index contributed by atoms with van der Waals surface area (Å²) in [4.78, 5) is 13.3. The normalized spacial score (nSPS) is 28.1. The van der Waals surface area contributed by atoms with Crippen molar-refractivity contribution in [3.8, 4) is 11.5 Å². The van der Waals surface area contributed by atoms with Gasteiger partial charge in [0.2, 0.25) is 0 Å². The molecule has 2 fully saturated rings. The van der Waals surface area contributed by atoms with Crippen LogP contribution in [0.15, 0.2) is 131 Å². The lowest BCUT2D eigenvalue weighted by Crippen LogP contribution is -2.74. The minimum absolute atomic E-state index is 0.155. The minimum atomic E-state index is 0.155. The van der Waals surface area contributed by atoms with E-state index < -0.39 is 0 Å². The molecule has 0 amide bonds. The highest BCUT2D eigenvalue weighted by atomic mass is 32.2. The summed E-state index contributed by atoms with van der Waals surface area (Å²) in [6, 6.07) is 36.1. The van der Waals surface area contributed by atoms with E-state index in [9.17, 15) is 0 Å². The van der Waals surface area contributed by atoms with Gasteiger partial charge in [-0.05, 0) is 75.2 Å². The van der Waals surface area contributed by atoms with Crippen LogP contribution in [0, 0.1) is 0 Å². The topological polar surface area (TPSA) is 46.3 Å². The van der Waals surface area contributed by atoms with Crippen LogP contribution in [0.1, 0.15) is 26.7 Å². The van der Waals surface area contributed by atoms with Crippen molar-refractivity contribution in [2.24, 2.45) is 0 Å².